The normalized spacial score (nSPS) is 19.6. The van der Waals surface area contributed by atoms with E-state index in [1.54, 1.807) is 4.90 Å². The lowest BCUT2D eigenvalue weighted by Gasteiger charge is -2.34. The highest BCUT2D eigenvalue weighted by molar-refractivity contribution is 5.97. The van der Waals surface area contributed by atoms with Crippen LogP contribution in [0, 0.1) is 0 Å². The number of fused-ring (bicyclic) bond motifs is 1. The third kappa shape index (κ3) is 5.72. The Bertz CT molecular complexity index is 816. The number of likely N-dealkylation sites (tertiary alicyclic amines) is 1. The maximum atomic E-state index is 12.7. The molecule has 0 aromatic heterocycles. The second kappa shape index (κ2) is 10.7. The second-order valence-electron chi connectivity index (χ2n) is 8.97. The van der Waals surface area contributed by atoms with Gasteiger partial charge in [-0.1, -0.05) is 31.4 Å². The van der Waals surface area contributed by atoms with Gasteiger partial charge in [-0.15, -0.1) is 0 Å². The van der Waals surface area contributed by atoms with E-state index < -0.39 is 0 Å². The Morgan fingerprint density at radius 1 is 0.875 bits per heavy atom. The largest absolute Gasteiger partial charge is 0.490 e. The minimum absolute atomic E-state index is 0.0260. The molecule has 3 aliphatic rings. The number of urea groups is 1. The van der Waals surface area contributed by atoms with Crippen LogP contribution in [-0.4, -0.2) is 61.1 Å². The number of anilines is 1. The number of hydrogen-bond donors (Lipinski definition) is 2. The molecule has 1 saturated heterocycles. The maximum Gasteiger partial charge on any atom is 0.317 e. The number of ether oxygens (including phenoxy) is 1. The highest BCUT2D eigenvalue weighted by Gasteiger charge is 2.27. The smallest absolute Gasteiger partial charge is 0.317 e. The number of carbonyl (C=O) groups is 3. The number of para-hydroxylation sites is 2. The van der Waals surface area contributed by atoms with Crippen molar-refractivity contribution in [1.82, 2.24) is 15.5 Å². The number of amides is 4. The average molecular weight is 443 g/mol. The zero-order valence-corrected chi connectivity index (χ0v) is 18.7. The molecule has 2 fully saturated rings. The molecule has 0 radical (unpaired) electrons. The fourth-order valence-corrected chi connectivity index (χ4v) is 4.82. The first-order valence-electron chi connectivity index (χ1n) is 12.0. The van der Waals surface area contributed by atoms with Crippen molar-refractivity contribution in [3.05, 3.63) is 24.3 Å². The van der Waals surface area contributed by atoms with Crippen molar-refractivity contribution in [2.75, 3.05) is 31.1 Å². The number of rotatable bonds is 5. The number of benzene rings is 1. The summed E-state index contributed by atoms with van der Waals surface area (Å²) in [4.78, 5) is 41.1. The predicted octanol–water partition coefficient (Wildman–Crippen LogP) is 2.82. The summed E-state index contributed by atoms with van der Waals surface area (Å²) in [5.41, 5.74) is 0.767. The summed E-state index contributed by atoms with van der Waals surface area (Å²) in [7, 11) is 0. The molecule has 1 aromatic carbocycles. The molecule has 0 unspecified atom stereocenters. The van der Waals surface area contributed by atoms with Crippen LogP contribution in [0.3, 0.4) is 0 Å². The van der Waals surface area contributed by atoms with E-state index in [4.69, 9.17) is 4.74 Å². The van der Waals surface area contributed by atoms with Gasteiger partial charge in [-0.3, -0.25) is 9.59 Å². The van der Waals surface area contributed by atoms with Gasteiger partial charge in [0.2, 0.25) is 11.8 Å². The van der Waals surface area contributed by atoms with Crippen LogP contribution in [0.4, 0.5) is 10.5 Å². The molecule has 8 heteroatoms. The topological polar surface area (TPSA) is 91.0 Å². The summed E-state index contributed by atoms with van der Waals surface area (Å²) in [6.45, 7) is 2.25. The predicted molar refractivity (Wildman–Crippen MR) is 122 cm³/mol. The van der Waals surface area contributed by atoms with Crippen molar-refractivity contribution in [2.45, 2.75) is 69.9 Å². The summed E-state index contributed by atoms with van der Waals surface area (Å²) in [6, 6.07) is 7.87. The number of nitrogens with zero attached hydrogens (tertiary/aromatic N) is 2. The quantitative estimate of drug-likeness (QED) is 0.734. The molecule has 2 N–H and O–H groups in total. The first kappa shape index (κ1) is 22.4. The van der Waals surface area contributed by atoms with Crippen LogP contribution in [0.1, 0.15) is 57.8 Å². The van der Waals surface area contributed by atoms with Gasteiger partial charge in [0.1, 0.15) is 12.4 Å². The van der Waals surface area contributed by atoms with Crippen molar-refractivity contribution in [3.63, 3.8) is 0 Å². The van der Waals surface area contributed by atoms with E-state index in [1.165, 1.54) is 19.3 Å². The Morgan fingerprint density at radius 2 is 1.59 bits per heavy atom. The van der Waals surface area contributed by atoms with Crippen LogP contribution < -0.4 is 20.3 Å². The Kier molecular flexibility index (Phi) is 7.50. The second-order valence-corrected chi connectivity index (χ2v) is 8.97. The van der Waals surface area contributed by atoms with Crippen LogP contribution in [-0.2, 0) is 9.59 Å². The zero-order chi connectivity index (χ0) is 22.3. The average Bonchev–Trinajstić information content (AvgIpc) is 2.83. The SMILES string of the molecule is O=C(CCC(=O)N1CCOc2ccccc21)NC1CCN(C(=O)NC2CCCCC2)CC1. The van der Waals surface area contributed by atoms with E-state index >= 15 is 0 Å². The van der Waals surface area contributed by atoms with E-state index in [1.807, 2.05) is 29.2 Å². The Hall–Kier alpha value is -2.77. The monoisotopic (exact) mass is 442 g/mol. The van der Waals surface area contributed by atoms with Gasteiger partial charge in [0.25, 0.3) is 0 Å². The third-order valence-corrected chi connectivity index (χ3v) is 6.68. The van der Waals surface area contributed by atoms with Crippen molar-refractivity contribution in [3.8, 4) is 5.75 Å². The molecule has 2 heterocycles. The summed E-state index contributed by atoms with van der Waals surface area (Å²) in [5.74, 6) is 0.533. The fourth-order valence-electron chi connectivity index (χ4n) is 4.82. The molecule has 0 bridgehead atoms. The van der Waals surface area contributed by atoms with Crippen molar-refractivity contribution in [2.24, 2.45) is 0 Å². The first-order valence-corrected chi connectivity index (χ1v) is 12.0. The van der Waals surface area contributed by atoms with Crippen LogP contribution in [0.5, 0.6) is 5.75 Å². The van der Waals surface area contributed by atoms with E-state index in [9.17, 15) is 14.4 Å². The molecule has 1 saturated carbocycles. The van der Waals surface area contributed by atoms with Gasteiger partial charge in [0.05, 0.1) is 12.2 Å². The van der Waals surface area contributed by atoms with Gasteiger partial charge in [-0.2, -0.15) is 0 Å². The molecule has 0 atom stereocenters. The minimum Gasteiger partial charge on any atom is -0.490 e. The van der Waals surface area contributed by atoms with Crippen molar-refractivity contribution >= 4 is 23.5 Å². The number of piperidine rings is 1. The number of carbonyl (C=O) groups excluding carboxylic acids is 3. The summed E-state index contributed by atoms with van der Waals surface area (Å²) < 4.78 is 5.59. The van der Waals surface area contributed by atoms with Gasteiger partial charge in [0.15, 0.2) is 0 Å². The highest BCUT2D eigenvalue weighted by Crippen LogP contribution is 2.31. The molecular formula is C24H34N4O4. The molecular weight excluding hydrogens is 408 g/mol. The summed E-state index contributed by atoms with van der Waals surface area (Å²) in [5, 5.41) is 6.21. The molecule has 4 rings (SSSR count). The molecule has 4 amide bonds. The molecule has 2 aliphatic heterocycles. The standard InChI is InChI=1S/C24H34N4O4/c29-22(10-11-23(30)28-16-17-32-21-9-5-4-8-20(21)28)25-19-12-14-27(15-13-19)24(31)26-18-6-2-1-3-7-18/h4-5,8-9,18-19H,1-3,6-7,10-17H2,(H,25,29)(H,26,31). The molecule has 8 nitrogen and oxygen atoms in total. The van der Waals surface area contributed by atoms with Crippen LogP contribution in [0.15, 0.2) is 24.3 Å². The zero-order valence-electron chi connectivity index (χ0n) is 18.7. The fraction of sp³-hybridized carbons (Fsp3) is 0.625. The van der Waals surface area contributed by atoms with Crippen LogP contribution >= 0.6 is 0 Å². The van der Waals surface area contributed by atoms with Crippen LogP contribution in [0.25, 0.3) is 0 Å². The Morgan fingerprint density at radius 3 is 2.38 bits per heavy atom. The summed E-state index contributed by atoms with van der Waals surface area (Å²) >= 11 is 0. The highest BCUT2D eigenvalue weighted by atomic mass is 16.5. The lowest BCUT2D eigenvalue weighted by Crippen LogP contribution is -2.51. The lowest BCUT2D eigenvalue weighted by atomic mass is 9.95. The van der Waals surface area contributed by atoms with Crippen molar-refractivity contribution < 1.29 is 19.1 Å². The first-order chi connectivity index (χ1) is 15.6. The molecule has 0 spiro atoms. The summed E-state index contributed by atoms with van der Waals surface area (Å²) in [6.07, 6.45) is 7.63. The molecule has 1 aromatic rings. The Labute approximate surface area is 189 Å². The van der Waals surface area contributed by atoms with E-state index in [2.05, 4.69) is 10.6 Å². The molecule has 1 aliphatic carbocycles. The van der Waals surface area contributed by atoms with Gasteiger partial charge < -0.3 is 25.2 Å². The minimum atomic E-state index is -0.106. The van der Waals surface area contributed by atoms with Crippen molar-refractivity contribution in [1.29, 1.82) is 0 Å². The number of nitrogens with one attached hydrogen (secondary N) is 2. The number of hydrogen-bond acceptors (Lipinski definition) is 4. The van der Waals surface area contributed by atoms with Gasteiger partial charge >= 0.3 is 6.03 Å². The maximum absolute atomic E-state index is 12.7. The van der Waals surface area contributed by atoms with E-state index in [0.29, 0.717) is 38.0 Å². The van der Waals surface area contributed by atoms with E-state index in [0.717, 1.165) is 31.4 Å². The molecule has 32 heavy (non-hydrogen) atoms. The third-order valence-electron chi connectivity index (χ3n) is 6.68. The lowest BCUT2D eigenvalue weighted by molar-refractivity contribution is -0.126. The molecule has 174 valence electrons. The van der Waals surface area contributed by atoms with Gasteiger partial charge in [-0.25, -0.2) is 4.79 Å². The van der Waals surface area contributed by atoms with E-state index in [-0.39, 0.29) is 36.7 Å². The Balaban J connectivity index is 1.16. The van der Waals surface area contributed by atoms with Gasteiger partial charge in [0, 0.05) is 38.0 Å². The van der Waals surface area contributed by atoms with Crippen LogP contribution in [0.2, 0.25) is 0 Å². The van der Waals surface area contributed by atoms with Gasteiger partial charge in [-0.05, 0) is 37.8 Å².